The van der Waals surface area contributed by atoms with Gasteiger partial charge in [-0.2, -0.15) is 0 Å². The molecule has 36 heavy (non-hydrogen) atoms. The zero-order chi connectivity index (χ0) is 25.7. The molecule has 0 radical (unpaired) electrons. The van der Waals surface area contributed by atoms with Crippen LogP contribution in [-0.4, -0.2) is 51.3 Å². The lowest BCUT2D eigenvalue weighted by molar-refractivity contribution is -0.124. The Morgan fingerprint density at radius 3 is 2.44 bits per heavy atom. The van der Waals surface area contributed by atoms with Gasteiger partial charge in [0, 0.05) is 11.9 Å². The summed E-state index contributed by atoms with van der Waals surface area (Å²) in [4.78, 5) is 30.0. The van der Waals surface area contributed by atoms with Gasteiger partial charge in [-0.3, -0.25) is 4.79 Å². The topological polar surface area (TPSA) is 96.0 Å². The number of para-hydroxylation sites is 1. The molecule has 0 aliphatic heterocycles. The zero-order valence-corrected chi connectivity index (χ0v) is 20.6. The van der Waals surface area contributed by atoms with E-state index in [4.69, 9.17) is 23.9 Å². The van der Waals surface area contributed by atoms with Crippen molar-refractivity contribution in [1.82, 2.24) is 10.3 Å². The quantitative estimate of drug-likeness (QED) is 0.356. The van der Waals surface area contributed by atoms with Gasteiger partial charge in [0.15, 0.2) is 18.1 Å². The maximum Gasteiger partial charge on any atom is 0.339 e. The van der Waals surface area contributed by atoms with Crippen molar-refractivity contribution in [3.05, 3.63) is 71.4 Å². The third-order valence-electron chi connectivity index (χ3n) is 5.95. The number of pyridine rings is 1. The minimum Gasteiger partial charge on any atom is -0.493 e. The molecule has 8 nitrogen and oxygen atoms in total. The van der Waals surface area contributed by atoms with Crippen LogP contribution in [0.3, 0.4) is 0 Å². The summed E-state index contributed by atoms with van der Waals surface area (Å²) >= 11 is 0. The van der Waals surface area contributed by atoms with Crippen molar-refractivity contribution in [3.63, 3.8) is 0 Å². The Kier molecular flexibility index (Phi) is 7.53. The lowest BCUT2D eigenvalue weighted by Crippen LogP contribution is -2.29. The first kappa shape index (κ1) is 24.8. The normalized spacial score (nSPS) is 13.2. The molecule has 1 aliphatic rings. The van der Waals surface area contributed by atoms with E-state index in [1.807, 2.05) is 42.5 Å². The largest absolute Gasteiger partial charge is 0.493 e. The Bertz CT molecular complexity index is 1340. The number of ether oxygens (including phenoxy) is 4. The molecular formula is C28H28N2O6. The second-order valence-corrected chi connectivity index (χ2v) is 8.13. The van der Waals surface area contributed by atoms with Crippen molar-refractivity contribution in [3.8, 4) is 17.2 Å². The summed E-state index contributed by atoms with van der Waals surface area (Å²) in [5, 5.41) is 3.30. The van der Waals surface area contributed by atoms with Crippen LogP contribution in [0, 0.1) is 0 Å². The molecule has 186 valence electrons. The van der Waals surface area contributed by atoms with Crippen LogP contribution in [0.5, 0.6) is 17.2 Å². The molecule has 0 atom stereocenters. The molecule has 4 rings (SSSR count). The Labute approximate surface area is 209 Å². The maximum atomic E-state index is 13.2. The molecule has 8 heteroatoms. The first-order chi connectivity index (χ1) is 17.5. The van der Waals surface area contributed by atoms with Gasteiger partial charge in [0.1, 0.15) is 0 Å². The molecule has 0 unspecified atom stereocenters. The number of benzene rings is 2. The average molecular weight is 489 g/mol. The lowest BCUT2D eigenvalue weighted by atomic mass is 10.0. The minimum absolute atomic E-state index is 0.305. The summed E-state index contributed by atoms with van der Waals surface area (Å²) in [5.74, 6) is 0.675. The van der Waals surface area contributed by atoms with Crippen molar-refractivity contribution in [2.24, 2.45) is 0 Å². The van der Waals surface area contributed by atoms with Gasteiger partial charge in [-0.05, 0) is 53.8 Å². The molecule has 3 aromatic rings. The summed E-state index contributed by atoms with van der Waals surface area (Å²) in [5.41, 5.74) is 4.50. The highest BCUT2D eigenvalue weighted by atomic mass is 16.5. The average Bonchev–Trinajstić information content (AvgIpc) is 3.30. The Hall–Kier alpha value is -4.33. The molecular weight excluding hydrogens is 460 g/mol. The molecule has 0 saturated carbocycles. The van der Waals surface area contributed by atoms with Crippen LogP contribution < -0.4 is 19.5 Å². The van der Waals surface area contributed by atoms with E-state index in [-0.39, 0.29) is 12.5 Å². The molecule has 1 heterocycles. The number of fused-ring (bicyclic) bond motifs is 2. The van der Waals surface area contributed by atoms with E-state index in [2.05, 4.69) is 11.9 Å². The number of methoxy groups -OCH3 is 3. The zero-order valence-electron chi connectivity index (χ0n) is 20.6. The Morgan fingerprint density at radius 2 is 1.78 bits per heavy atom. The summed E-state index contributed by atoms with van der Waals surface area (Å²) in [6.45, 7) is 3.49. The molecule has 0 fully saturated rings. The maximum absolute atomic E-state index is 13.2. The Morgan fingerprint density at radius 1 is 1.06 bits per heavy atom. The van der Waals surface area contributed by atoms with Crippen LogP contribution in [0.25, 0.3) is 22.6 Å². The van der Waals surface area contributed by atoms with E-state index in [9.17, 15) is 9.59 Å². The SMILES string of the molecule is C=CCNC(=O)COC(=O)c1c2c(nc3ccccc13)/C(=C/c1cc(OC)c(OC)c(OC)c1)CC2. The molecule has 1 amide bonds. The Balaban J connectivity index is 1.75. The number of carbonyl (C=O) groups excluding carboxylic acids is 2. The number of aromatic nitrogens is 1. The highest BCUT2D eigenvalue weighted by molar-refractivity contribution is 6.07. The van der Waals surface area contributed by atoms with Crippen LogP contribution in [0.4, 0.5) is 0 Å². The minimum atomic E-state index is -0.548. The van der Waals surface area contributed by atoms with Crippen molar-refractivity contribution >= 4 is 34.4 Å². The number of allylic oxidation sites excluding steroid dienone is 1. The fraction of sp³-hybridized carbons (Fsp3) is 0.250. The number of nitrogens with zero attached hydrogens (tertiary/aromatic N) is 1. The van der Waals surface area contributed by atoms with Gasteiger partial charge in [-0.15, -0.1) is 6.58 Å². The first-order valence-electron chi connectivity index (χ1n) is 11.5. The molecule has 0 spiro atoms. The van der Waals surface area contributed by atoms with E-state index in [1.165, 1.54) is 0 Å². The fourth-order valence-electron chi connectivity index (χ4n) is 4.34. The summed E-state index contributed by atoms with van der Waals surface area (Å²) < 4.78 is 21.8. The predicted octanol–water partition coefficient (Wildman–Crippen LogP) is 4.21. The van der Waals surface area contributed by atoms with Crippen LogP contribution in [0.2, 0.25) is 0 Å². The number of carbonyl (C=O) groups is 2. The van der Waals surface area contributed by atoms with Crippen molar-refractivity contribution in [2.75, 3.05) is 34.5 Å². The van der Waals surface area contributed by atoms with Gasteiger partial charge in [0.05, 0.1) is 38.1 Å². The van der Waals surface area contributed by atoms with Crippen LogP contribution in [0.1, 0.15) is 33.6 Å². The molecule has 0 bridgehead atoms. The summed E-state index contributed by atoms with van der Waals surface area (Å²) in [7, 11) is 4.70. The fourth-order valence-corrected chi connectivity index (χ4v) is 4.34. The van der Waals surface area contributed by atoms with Gasteiger partial charge in [-0.25, -0.2) is 9.78 Å². The van der Waals surface area contributed by atoms with Gasteiger partial charge >= 0.3 is 5.97 Å². The van der Waals surface area contributed by atoms with Gasteiger partial charge in [0.25, 0.3) is 5.91 Å². The smallest absolute Gasteiger partial charge is 0.339 e. The first-order valence-corrected chi connectivity index (χ1v) is 11.5. The highest BCUT2D eigenvalue weighted by Crippen LogP contribution is 2.41. The van der Waals surface area contributed by atoms with E-state index < -0.39 is 5.97 Å². The number of rotatable bonds is 9. The second kappa shape index (κ2) is 10.9. The third-order valence-corrected chi connectivity index (χ3v) is 5.95. The van der Waals surface area contributed by atoms with Gasteiger partial charge < -0.3 is 24.3 Å². The van der Waals surface area contributed by atoms with Crippen molar-refractivity contribution in [1.29, 1.82) is 0 Å². The second-order valence-electron chi connectivity index (χ2n) is 8.13. The van der Waals surface area contributed by atoms with Crippen molar-refractivity contribution in [2.45, 2.75) is 12.8 Å². The van der Waals surface area contributed by atoms with E-state index in [0.29, 0.717) is 53.1 Å². The molecule has 1 aliphatic carbocycles. The highest BCUT2D eigenvalue weighted by Gasteiger charge is 2.28. The van der Waals surface area contributed by atoms with E-state index in [0.717, 1.165) is 22.4 Å². The number of amides is 1. The van der Waals surface area contributed by atoms with E-state index in [1.54, 1.807) is 27.4 Å². The van der Waals surface area contributed by atoms with Crippen molar-refractivity contribution < 1.29 is 28.5 Å². The third kappa shape index (κ3) is 4.88. The monoisotopic (exact) mass is 488 g/mol. The van der Waals surface area contributed by atoms with E-state index >= 15 is 0 Å². The molecule has 2 aromatic carbocycles. The number of esters is 1. The van der Waals surface area contributed by atoms with Crippen LogP contribution in [0.15, 0.2) is 49.1 Å². The molecule has 0 saturated heterocycles. The summed E-state index contributed by atoms with van der Waals surface area (Å²) in [6, 6.07) is 11.2. The van der Waals surface area contributed by atoms with Crippen LogP contribution >= 0.6 is 0 Å². The molecule has 1 N–H and O–H groups in total. The predicted molar refractivity (Wildman–Crippen MR) is 138 cm³/mol. The van der Waals surface area contributed by atoms with Gasteiger partial charge in [-0.1, -0.05) is 24.3 Å². The van der Waals surface area contributed by atoms with Crippen LogP contribution in [-0.2, 0) is 16.0 Å². The molecule has 1 aromatic heterocycles. The number of hydrogen-bond acceptors (Lipinski definition) is 7. The van der Waals surface area contributed by atoms with Gasteiger partial charge in [0.2, 0.25) is 5.75 Å². The summed E-state index contributed by atoms with van der Waals surface area (Å²) in [6.07, 6.45) is 4.88. The number of hydrogen-bond donors (Lipinski definition) is 1. The standard InChI is InChI=1S/C28H28N2O6/c1-5-12-29-24(31)16-36-28(32)25-19-8-6-7-9-21(19)30-26-18(10-11-20(25)26)13-17-14-22(33-2)27(35-4)23(15-17)34-3/h5-9,13-15H,1,10-12,16H2,2-4H3,(H,29,31)/b18-13+. The number of nitrogens with one attached hydrogen (secondary N) is 1. The lowest BCUT2D eigenvalue weighted by Gasteiger charge is -2.14.